The highest BCUT2D eigenvalue weighted by Gasteiger charge is 2.28. The van der Waals surface area contributed by atoms with Crippen molar-refractivity contribution in [3.05, 3.63) is 58.5 Å². The molecule has 1 aliphatic rings. The third kappa shape index (κ3) is 4.55. The quantitative estimate of drug-likeness (QED) is 0.580. The number of hydrogen-bond donors (Lipinski definition) is 2. The Bertz CT molecular complexity index is 990. The maximum Gasteiger partial charge on any atom is 0.261 e. The molecule has 2 N–H and O–H groups in total. The first kappa shape index (κ1) is 20.9. The Balaban J connectivity index is 1.36. The van der Waals surface area contributed by atoms with Gasteiger partial charge in [-0.05, 0) is 61.1 Å². The van der Waals surface area contributed by atoms with Crippen LogP contribution < -0.4 is 10.6 Å². The minimum Gasteiger partial charge on any atom is -0.354 e. The van der Waals surface area contributed by atoms with E-state index in [1.54, 1.807) is 18.4 Å². The fourth-order valence-corrected chi connectivity index (χ4v) is 5.72. The summed E-state index contributed by atoms with van der Waals surface area (Å²) in [7, 11) is 1.72. The van der Waals surface area contributed by atoms with Crippen LogP contribution in [0, 0.1) is 5.92 Å². The molecular formula is C24H30N4OS. The SMILES string of the molecule is CCc1ncc(CNCC2CCC(c3c(C(=O)NC)sc4ccccc34)CC2)cn1. The van der Waals surface area contributed by atoms with Crippen LogP contribution in [-0.4, -0.2) is 29.5 Å². The number of nitrogens with zero attached hydrogens (tertiary/aromatic N) is 2. The summed E-state index contributed by atoms with van der Waals surface area (Å²) < 4.78 is 1.21. The molecule has 5 nitrogen and oxygen atoms in total. The van der Waals surface area contributed by atoms with Gasteiger partial charge in [0, 0.05) is 42.7 Å². The first-order valence-corrected chi connectivity index (χ1v) is 11.7. The van der Waals surface area contributed by atoms with Gasteiger partial charge >= 0.3 is 0 Å². The van der Waals surface area contributed by atoms with Gasteiger partial charge in [-0.3, -0.25) is 4.79 Å². The monoisotopic (exact) mass is 422 g/mol. The van der Waals surface area contributed by atoms with Crippen molar-refractivity contribution in [2.75, 3.05) is 13.6 Å². The first-order chi connectivity index (χ1) is 14.7. The van der Waals surface area contributed by atoms with Gasteiger partial charge in [0.1, 0.15) is 5.82 Å². The van der Waals surface area contributed by atoms with E-state index in [-0.39, 0.29) is 5.91 Å². The largest absolute Gasteiger partial charge is 0.354 e. The van der Waals surface area contributed by atoms with E-state index in [9.17, 15) is 4.79 Å². The van der Waals surface area contributed by atoms with Gasteiger partial charge in [-0.25, -0.2) is 9.97 Å². The van der Waals surface area contributed by atoms with Gasteiger partial charge in [0.2, 0.25) is 0 Å². The molecule has 2 aromatic heterocycles. The van der Waals surface area contributed by atoms with E-state index < -0.39 is 0 Å². The smallest absolute Gasteiger partial charge is 0.261 e. The van der Waals surface area contributed by atoms with Crippen LogP contribution in [0.2, 0.25) is 0 Å². The average molecular weight is 423 g/mol. The molecule has 0 saturated heterocycles. The zero-order chi connectivity index (χ0) is 20.9. The number of carbonyl (C=O) groups is 1. The molecule has 0 radical (unpaired) electrons. The van der Waals surface area contributed by atoms with E-state index in [2.05, 4.69) is 51.8 Å². The topological polar surface area (TPSA) is 66.9 Å². The minimum absolute atomic E-state index is 0.0475. The van der Waals surface area contributed by atoms with Gasteiger partial charge in [0.25, 0.3) is 5.91 Å². The number of benzene rings is 1. The van der Waals surface area contributed by atoms with Crippen molar-refractivity contribution in [3.63, 3.8) is 0 Å². The lowest BCUT2D eigenvalue weighted by atomic mass is 9.77. The van der Waals surface area contributed by atoms with E-state index in [1.165, 1.54) is 28.5 Å². The van der Waals surface area contributed by atoms with Gasteiger partial charge in [-0.1, -0.05) is 25.1 Å². The molecule has 3 aromatic rings. The normalized spacial score (nSPS) is 19.1. The number of carbonyl (C=O) groups excluding carboxylic acids is 1. The number of aromatic nitrogens is 2. The van der Waals surface area contributed by atoms with Crippen molar-refractivity contribution in [2.24, 2.45) is 5.92 Å². The van der Waals surface area contributed by atoms with E-state index in [0.717, 1.165) is 48.6 Å². The van der Waals surface area contributed by atoms with Crippen LogP contribution in [0.1, 0.15) is 65.1 Å². The molecule has 0 aliphatic heterocycles. The van der Waals surface area contributed by atoms with Crippen LogP contribution >= 0.6 is 11.3 Å². The number of rotatable bonds is 7. The molecule has 1 fully saturated rings. The summed E-state index contributed by atoms with van der Waals surface area (Å²) in [5.74, 6) is 2.10. The number of aryl methyl sites for hydroxylation is 1. The van der Waals surface area contributed by atoms with Crippen molar-refractivity contribution < 1.29 is 4.79 Å². The maximum atomic E-state index is 12.5. The zero-order valence-corrected chi connectivity index (χ0v) is 18.6. The van der Waals surface area contributed by atoms with E-state index in [4.69, 9.17) is 0 Å². The third-order valence-corrected chi connectivity index (χ3v) is 7.34. The Hall–Kier alpha value is -2.31. The average Bonchev–Trinajstić information content (AvgIpc) is 3.19. The molecule has 158 valence electrons. The van der Waals surface area contributed by atoms with Gasteiger partial charge in [0.15, 0.2) is 0 Å². The van der Waals surface area contributed by atoms with E-state index in [0.29, 0.717) is 11.8 Å². The van der Waals surface area contributed by atoms with Crippen molar-refractivity contribution in [2.45, 2.75) is 51.5 Å². The molecule has 1 aliphatic carbocycles. The highest BCUT2D eigenvalue weighted by atomic mass is 32.1. The van der Waals surface area contributed by atoms with Crippen LogP contribution in [0.5, 0.6) is 0 Å². The number of hydrogen-bond acceptors (Lipinski definition) is 5. The molecule has 4 rings (SSSR count). The Kier molecular flexibility index (Phi) is 6.75. The number of thiophene rings is 1. The number of amides is 1. The van der Waals surface area contributed by atoms with Crippen molar-refractivity contribution in [1.82, 2.24) is 20.6 Å². The Morgan fingerprint density at radius 2 is 1.87 bits per heavy atom. The number of fused-ring (bicyclic) bond motifs is 1. The van der Waals surface area contributed by atoms with Gasteiger partial charge in [0.05, 0.1) is 4.88 Å². The molecular weight excluding hydrogens is 392 g/mol. The minimum atomic E-state index is 0.0475. The van der Waals surface area contributed by atoms with Crippen molar-refractivity contribution >= 4 is 27.3 Å². The molecule has 1 amide bonds. The van der Waals surface area contributed by atoms with Crippen LogP contribution in [0.3, 0.4) is 0 Å². The molecule has 6 heteroatoms. The second-order valence-corrected chi connectivity index (χ2v) is 9.18. The van der Waals surface area contributed by atoms with Crippen LogP contribution in [0.4, 0.5) is 0 Å². The van der Waals surface area contributed by atoms with Gasteiger partial charge < -0.3 is 10.6 Å². The molecule has 2 heterocycles. The molecule has 1 saturated carbocycles. The summed E-state index contributed by atoms with van der Waals surface area (Å²) in [6, 6.07) is 8.44. The summed E-state index contributed by atoms with van der Waals surface area (Å²) in [6.45, 7) is 3.91. The summed E-state index contributed by atoms with van der Waals surface area (Å²) >= 11 is 1.63. The highest BCUT2D eigenvalue weighted by Crippen LogP contribution is 2.43. The summed E-state index contributed by atoms with van der Waals surface area (Å²) in [5, 5.41) is 7.68. The first-order valence-electron chi connectivity index (χ1n) is 10.9. The third-order valence-electron chi connectivity index (χ3n) is 6.16. The summed E-state index contributed by atoms with van der Waals surface area (Å²) in [6.07, 6.45) is 9.41. The van der Waals surface area contributed by atoms with E-state index >= 15 is 0 Å². The predicted molar refractivity (Wildman–Crippen MR) is 123 cm³/mol. The second kappa shape index (κ2) is 9.67. The highest BCUT2D eigenvalue weighted by molar-refractivity contribution is 7.21. The fraction of sp³-hybridized carbons (Fsp3) is 0.458. The Morgan fingerprint density at radius 3 is 2.57 bits per heavy atom. The molecule has 30 heavy (non-hydrogen) atoms. The molecule has 1 aromatic carbocycles. The van der Waals surface area contributed by atoms with Crippen LogP contribution in [0.15, 0.2) is 36.7 Å². The summed E-state index contributed by atoms with van der Waals surface area (Å²) in [4.78, 5) is 22.2. The molecule has 0 unspecified atom stereocenters. The summed E-state index contributed by atoms with van der Waals surface area (Å²) in [5.41, 5.74) is 2.41. The number of nitrogens with one attached hydrogen (secondary N) is 2. The van der Waals surface area contributed by atoms with E-state index in [1.807, 2.05) is 12.4 Å². The predicted octanol–water partition coefficient (Wildman–Crippen LogP) is 4.68. The van der Waals surface area contributed by atoms with Crippen LogP contribution in [-0.2, 0) is 13.0 Å². The molecule has 0 spiro atoms. The molecule has 0 bridgehead atoms. The molecule has 0 atom stereocenters. The lowest BCUT2D eigenvalue weighted by molar-refractivity contribution is 0.0965. The standard InChI is InChI=1S/C24H30N4OS/c1-3-21-27-14-17(15-28-21)13-26-12-16-8-10-18(11-9-16)22-19-6-4-5-7-20(19)30-23(22)24(29)25-2/h4-7,14-16,18,26H,3,8-13H2,1-2H3,(H,25,29). The lowest BCUT2D eigenvalue weighted by Gasteiger charge is -2.29. The van der Waals surface area contributed by atoms with Crippen molar-refractivity contribution in [1.29, 1.82) is 0 Å². The Morgan fingerprint density at radius 1 is 1.13 bits per heavy atom. The Labute approximate surface area is 182 Å². The second-order valence-electron chi connectivity index (χ2n) is 8.13. The van der Waals surface area contributed by atoms with Crippen molar-refractivity contribution in [3.8, 4) is 0 Å². The van der Waals surface area contributed by atoms with Gasteiger partial charge in [-0.15, -0.1) is 11.3 Å². The fourth-order valence-electron chi connectivity index (χ4n) is 4.48. The van der Waals surface area contributed by atoms with Crippen LogP contribution in [0.25, 0.3) is 10.1 Å². The van der Waals surface area contributed by atoms with Gasteiger partial charge in [-0.2, -0.15) is 0 Å². The maximum absolute atomic E-state index is 12.5. The lowest BCUT2D eigenvalue weighted by Crippen LogP contribution is -2.26. The zero-order valence-electron chi connectivity index (χ0n) is 17.8.